The third kappa shape index (κ3) is 1.52. The molecule has 0 saturated carbocycles. The lowest BCUT2D eigenvalue weighted by Gasteiger charge is -2.25. The summed E-state index contributed by atoms with van der Waals surface area (Å²) >= 11 is 0. The first-order valence-corrected chi connectivity index (χ1v) is 4.89. The number of aromatic nitrogens is 2. The Bertz CT molecular complexity index is 460. The maximum absolute atomic E-state index is 5.74. The van der Waals surface area contributed by atoms with Crippen LogP contribution in [0.1, 0.15) is 12.5 Å². The van der Waals surface area contributed by atoms with E-state index in [9.17, 15) is 0 Å². The molecule has 0 aliphatic rings. The Kier molecular flexibility index (Phi) is 2.46. The van der Waals surface area contributed by atoms with Crippen molar-refractivity contribution in [3.05, 3.63) is 36.2 Å². The lowest BCUT2D eigenvalue weighted by atomic mass is 9.97. The standard InChI is InChI=1S/C11H15N3O/c1-11(8-12,15-2)9-7-13-14-6-4-3-5-10(9)14/h3-7H,8,12H2,1-2H3. The van der Waals surface area contributed by atoms with Gasteiger partial charge in [-0.3, -0.25) is 0 Å². The number of hydrogen-bond acceptors (Lipinski definition) is 3. The maximum atomic E-state index is 5.74. The van der Waals surface area contributed by atoms with Gasteiger partial charge in [0.05, 0.1) is 11.7 Å². The summed E-state index contributed by atoms with van der Waals surface area (Å²) in [5.74, 6) is 0. The van der Waals surface area contributed by atoms with E-state index in [0.717, 1.165) is 11.1 Å². The van der Waals surface area contributed by atoms with E-state index in [2.05, 4.69) is 5.10 Å². The zero-order chi connectivity index (χ0) is 10.9. The van der Waals surface area contributed by atoms with E-state index in [1.165, 1.54) is 0 Å². The van der Waals surface area contributed by atoms with Crippen LogP contribution in [0.2, 0.25) is 0 Å². The Hall–Kier alpha value is -1.39. The molecule has 0 saturated heterocycles. The highest BCUT2D eigenvalue weighted by Crippen LogP contribution is 2.26. The summed E-state index contributed by atoms with van der Waals surface area (Å²) < 4.78 is 7.28. The van der Waals surface area contributed by atoms with Crippen molar-refractivity contribution in [2.24, 2.45) is 5.73 Å². The van der Waals surface area contributed by atoms with Gasteiger partial charge in [-0.25, -0.2) is 4.52 Å². The summed E-state index contributed by atoms with van der Waals surface area (Å²) in [5.41, 5.74) is 7.32. The quantitative estimate of drug-likeness (QED) is 0.818. The third-order valence-electron chi connectivity index (χ3n) is 2.84. The largest absolute Gasteiger partial charge is 0.372 e. The van der Waals surface area contributed by atoms with Gasteiger partial charge in [-0.05, 0) is 19.1 Å². The number of rotatable bonds is 3. The van der Waals surface area contributed by atoms with E-state index >= 15 is 0 Å². The second-order valence-electron chi connectivity index (χ2n) is 3.73. The van der Waals surface area contributed by atoms with Crippen molar-refractivity contribution in [2.45, 2.75) is 12.5 Å². The van der Waals surface area contributed by atoms with Crippen molar-refractivity contribution in [2.75, 3.05) is 13.7 Å². The topological polar surface area (TPSA) is 52.5 Å². The fourth-order valence-corrected chi connectivity index (χ4v) is 1.65. The van der Waals surface area contributed by atoms with E-state index in [4.69, 9.17) is 10.5 Å². The van der Waals surface area contributed by atoms with Gasteiger partial charge in [0.2, 0.25) is 0 Å². The van der Waals surface area contributed by atoms with Gasteiger partial charge in [0.25, 0.3) is 0 Å². The number of hydrogen-bond donors (Lipinski definition) is 1. The normalized spacial score (nSPS) is 15.4. The maximum Gasteiger partial charge on any atom is 0.106 e. The van der Waals surface area contributed by atoms with Crippen molar-refractivity contribution in [3.8, 4) is 0 Å². The summed E-state index contributed by atoms with van der Waals surface area (Å²) in [6.07, 6.45) is 3.72. The van der Waals surface area contributed by atoms with Gasteiger partial charge in [0.15, 0.2) is 0 Å². The molecule has 1 unspecified atom stereocenters. The molecule has 0 amide bonds. The predicted octanol–water partition coefficient (Wildman–Crippen LogP) is 1.15. The Labute approximate surface area is 88.7 Å². The number of ether oxygens (including phenoxy) is 1. The molecular weight excluding hydrogens is 190 g/mol. The summed E-state index contributed by atoms with van der Waals surface area (Å²) in [4.78, 5) is 0. The van der Waals surface area contributed by atoms with Crippen LogP contribution in [0.5, 0.6) is 0 Å². The molecule has 2 N–H and O–H groups in total. The van der Waals surface area contributed by atoms with Crippen LogP contribution in [-0.2, 0) is 10.3 Å². The van der Waals surface area contributed by atoms with Crippen LogP contribution in [0.4, 0.5) is 0 Å². The van der Waals surface area contributed by atoms with E-state index in [1.54, 1.807) is 7.11 Å². The zero-order valence-electron chi connectivity index (χ0n) is 8.97. The van der Waals surface area contributed by atoms with Gasteiger partial charge in [-0.15, -0.1) is 0 Å². The average Bonchev–Trinajstić information content (AvgIpc) is 2.72. The van der Waals surface area contributed by atoms with Crippen LogP contribution in [0.15, 0.2) is 30.6 Å². The fourth-order valence-electron chi connectivity index (χ4n) is 1.65. The molecule has 2 aromatic heterocycles. The predicted molar refractivity (Wildman–Crippen MR) is 58.6 cm³/mol. The molecule has 4 nitrogen and oxygen atoms in total. The van der Waals surface area contributed by atoms with Gasteiger partial charge in [-0.1, -0.05) is 6.07 Å². The first kappa shape index (κ1) is 10.1. The molecule has 2 aromatic rings. The van der Waals surface area contributed by atoms with E-state index < -0.39 is 5.60 Å². The molecule has 1 atom stereocenters. The first-order chi connectivity index (χ1) is 7.21. The van der Waals surface area contributed by atoms with Gasteiger partial charge < -0.3 is 10.5 Å². The van der Waals surface area contributed by atoms with Crippen LogP contribution in [0, 0.1) is 0 Å². The monoisotopic (exact) mass is 205 g/mol. The summed E-state index contributed by atoms with van der Waals surface area (Å²) in [6, 6.07) is 5.93. The van der Waals surface area contributed by atoms with Gasteiger partial charge in [-0.2, -0.15) is 5.10 Å². The van der Waals surface area contributed by atoms with Crippen LogP contribution in [0.25, 0.3) is 5.52 Å². The Morgan fingerprint density at radius 3 is 3.00 bits per heavy atom. The lowest BCUT2D eigenvalue weighted by molar-refractivity contribution is 0.0113. The van der Waals surface area contributed by atoms with E-state index in [1.807, 2.05) is 42.0 Å². The second-order valence-corrected chi connectivity index (χ2v) is 3.73. The molecule has 0 bridgehead atoms. The number of nitrogens with two attached hydrogens (primary N) is 1. The molecule has 2 heterocycles. The average molecular weight is 205 g/mol. The SMILES string of the molecule is COC(C)(CN)c1cnn2ccccc12. The molecule has 0 radical (unpaired) electrons. The molecule has 0 aliphatic heterocycles. The van der Waals surface area contributed by atoms with Crippen molar-refractivity contribution in [1.29, 1.82) is 0 Å². The first-order valence-electron chi connectivity index (χ1n) is 4.89. The van der Waals surface area contributed by atoms with E-state index in [0.29, 0.717) is 6.54 Å². The third-order valence-corrected chi connectivity index (χ3v) is 2.84. The van der Waals surface area contributed by atoms with Crippen LogP contribution >= 0.6 is 0 Å². The highest BCUT2D eigenvalue weighted by Gasteiger charge is 2.27. The smallest absolute Gasteiger partial charge is 0.106 e. The van der Waals surface area contributed by atoms with Crippen LogP contribution in [0.3, 0.4) is 0 Å². The summed E-state index contributed by atoms with van der Waals surface area (Å²) in [6.45, 7) is 2.40. The fraction of sp³-hybridized carbons (Fsp3) is 0.364. The van der Waals surface area contributed by atoms with Crippen molar-refractivity contribution >= 4 is 5.52 Å². The van der Waals surface area contributed by atoms with E-state index in [-0.39, 0.29) is 0 Å². The summed E-state index contributed by atoms with van der Waals surface area (Å²) in [5, 5.41) is 4.26. The molecule has 4 heteroatoms. The molecule has 0 aliphatic carbocycles. The van der Waals surface area contributed by atoms with Crippen LogP contribution < -0.4 is 5.73 Å². The molecule has 0 aromatic carbocycles. The van der Waals surface area contributed by atoms with Crippen molar-refractivity contribution in [1.82, 2.24) is 9.61 Å². The molecule has 0 fully saturated rings. The minimum atomic E-state index is -0.469. The van der Waals surface area contributed by atoms with Gasteiger partial charge >= 0.3 is 0 Å². The van der Waals surface area contributed by atoms with Crippen LogP contribution in [-0.4, -0.2) is 23.3 Å². The molecular formula is C11H15N3O. The zero-order valence-corrected chi connectivity index (χ0v) is 8.97. The Morgan fingerprint density at radius 1 is 1.53 bits per heavy atom. The van der Waals surface area contributed by atoms with Gasteiger partial charge in [0.1, 0.15) is 5.60 Å². The Balaban J connectivity index is 2.61. The minimum Gasteiger partial charge on any atom is -0.372 e. The van der Waals surface area contributed by atoms with Crippen molar-refractivity contribution < 1.29 is 4.74 Å². The van der Waals surface area contributed by atoms with Crippen molar-refractivity contribution in [3.63, 3.8) is 0 Å². The highest BCUT2D eigenvalue weighted by atomic mass is 16.5. The molecule has 80 valence electrons. The number of fused-ring (bicyclic) bond motifs is 1. The minimum absolute atomic E-state index is 0.430. The highest BCUT2D eigenvalue weighted by molar-refractivity contribution is 5.56. The Morgan fingerprint density at radius 2 is 2.33 bits per heavy atom. The molecule has 15 heavy (non-hydrogen) atoms. The number of methoxy groups -OCH3 is 1. The number of pyridine rings is 1. The number of nitrogens with zero attached hydrogens (tertiary/aromatic N) is 2. The van der Waals surface area contributed by atoms with Gasteiger partial charge in [0, 0.05) is 25.4 Å². The second kappa shape index (κ2) is 3.64. The molecule has 2 rings (SSSR count). The summed E-state index contributed by atoms with van der Waals surface area (Å²) in [7, 11) is 1.67. The lowest BCUT2D eigenvalue weighted by Crippen LogP contribution is -2.33. The molecule has 0 spiro atoms.